The maximum absolute atomic E-state index is 12.1. The van der Waals surface area contributed by atoms with E-state index in [4.69, 9.17) is 9.72 Å². The summed E-state index contributed by atoms with van der Waals surface area (Å²) < 4.78 is 4.83. The summed E-state index contributed by atoms with van der Waals surface area (Å²) in [4.78, 5) is 28.5. The number of anilines is 1. The first-order valence-electron chi connectivity index (χ1n) is 11.6. The zero-order valence-corrected chi connectivity index (χ0v) is 19.4. The van der Waals surface area contributed by atoms with Crippen LogP contribution in [0.5, 0.6) is 5.75 Å². The van der Waals surface area contributed by atoms with Crippen molar-refractivity contribution in [3.63, 3.8) is 0 Å². The van der Waals surface area contributed by atoms with E-state index < -0.39 is 5.97 Å². The van der Waals surface area contributed by atoms with Gasteiger partial charge in [0.2, 0.25) is 5.91 Å². The van der Waals surface area contributed by atoms with E-state index in [9.17, 15) is 14.7 Å². The highest BCUT2D eigenvalue weighted by atomic mass is 16.5. The van der Waals surface area contributed by atoms with Crippen molar-refractivity contribution >= 4 is 17.6 Å². The highest BCUT2D eigenvalue weighted by Crippen LogP contribution is 2.35. The van der Waals surface area contributed by atoms with Crippen LogP contribution in [-0.2, 0) is 20.7 Å². The average molecular weight is 439 g/mol. The lowest BCUT2D eigenvalue weighted by Gasteiger charge is -2.17. The molecule has 0 saturated heterocycles. The zero-order chi connectivity index (χ0) is 23.1. The van der Waals surface area contributed by atoms with E-state index in [1.165, 1.54) is 25.7 Å². The fourth-order valence-corrected chi connectivity index (χ4v) is 4.54. The molecule has 1 aliphatic carbocycles. The molecule has 1 saturated carbocycles. The number of benzene rings is 1. The van der Waals surface area contributed by atoms with Crippen molar-refractivity contribution in [1.29, 1.82) is 0 Å². The van der Waals surface area contributed by atoms with Crippen LogP contribution in [0.3, 0.4) is 0 Å². The van der Waals surface area contributed by atoms with Gasteiger partial charge in [-0.1, -0.05) is 25.7 Å². The van der Waals surface area contributed by atoms with Gasteiger partial charge in [0, 0.05) is 23.7 Å². The lowest BCUT2D eigenvalue weighted by atomic mass is 9.94. The number of pyridine rings is 1. The number of hydrogen-bond donors (Lipinski definition) is 2. The van der Waals surface area contributed by atoms with Crippen molar-refractivity contribution in [3.8, 4) is 5.75 Å². The SMILES string of the molecule is CCOC(=O)CC(=O)Nc1cc(C)c(Cc2ccc(O)c(C3CCCCCC3)n2)c(C)c1. The minimum absolute atomic E-state index is 0.257. The standard InChI is InChI=1S/C26H34N2O4/c1-4-32-25(31)16-24(30)27-21-13-17(2)22(18(3)14-21)15-20-11-12-23(29)26(28-20)19-9-7-5-6-8-10-19/h11-14,19,29H,4-10,15-16H2,1-3H3,(H,27,30). The summed E-state index contributed by atoms with van der Waals surface area (Å²) >= 11 is 0. The molecule has 1 aromatic carbocycles. The third-order valence-electron chi connectivity index (χ3n) is 6.15. The number of hydrogen-bond acceptors (Lipinski definition) is 5. The summed E-state index contributed by atoms with van der Waals surface area (Å²) in [6.45, 7) is 5.99. The maximum Gasteiger partial charge on any atom is 0.315 e. The highest BCUT2D eigenvalue weighted by molar-refractivity contribution is 6.02. The van der Waals surface area contributed by atoms with E-state index in [1.807, 2.05) is 32.0 Å². The minimum atomic E-state index is -0.530. The van der Waals surface area contributed by atoms with Crippen LogP contribution in [0.15, 0.2) is 24.3 Å². The van der Waals surface area contributed by atoms with Crippen molar-refractivity contribution in [3.05, 3.63) is 52.3 Å². The molecule has 0 unspecified atom stereocenters. The minimum Gasteiger partial charge on any atom is -0.506 e. The van der Waals surface area contributed by atoms with Crippen LogP contribution in [0.1, 0.15) is 85.9 Å². The lowest BCUT2D eigenvalue weighted by Crippen LogP contribution is -2.18. The number of aromatic nitrogens is 1. The number of nitrogens with zero attached hydrogens (tertiary/aromatic N) is 1. The second-order valence-corrected chi connectivity index (χ2v) is 8.69. The molecule has 1 aliphatic rings. The summed E-state index contributed by atoms with van der Waals surface area (Å²) in [5.74, 6) is -0.286. The molecule has 6 heteroatoms. The van der Waals surface area contributed by atoms with Crippen LogP contribution in [0.2, 0.25) is 0 Å². The van der Waals surface area contributed by atoms with Crippen LogP contribution in [-0.4, -0.2) is 28.6 Å². The Morgan fingerprint density at radius 2 is 1.75 bits per heavy atom. The van der Waals surface area contributed by atoms with Gasteiger partial charge in [-0.05, 0) is 74.6 Å². The van der Waals surface area contributed by atoms with Crippen LogP contribution in [0.25, 0.3) is 0 Å². The Hall–Kier alpha value is -2.89. The molecule has 1 fully saturated rings. The summed E-state index contributed by atoms with van der Waals surface area (Å²) in [6.07, 6.45) is 7.44. The molecule has 2 N–H and O–H groups in total. The second kappa shape index (κ2) is 11.1. The summed E-state index contributed by atoms with van der Waals surface area (Å²) in [7, 11) is 0. The predicted molar refractivity (Wildman–Crippen MR) is 125 cm³/mol. The van der Waals surface area contributed by atoms with Crippen molar-refractivity contribution in [2.45, 2.75) is 78.1 Å². The maximum atomic E-state index is 12.1. The third-order valence-corrected chi connectivity index (χ3v) is 6.15. The van der Waals surface area contributed by atoms with Crippen LogP contribution in [0.4, 0.5) is 5.69 Å². The molecule has 0 bridgehead atoms. The third kappa shape index (κ3) is 6.31. The van der Waals surface area contributed by atoms with Crippen molar-refractivity contribution in [2.24, 2.45) is 0 Å². The molecule has 1 amide bonds. The van der Waals surface area contributed by atoms with Gasteiger partial charge in [0.1, 0.15) is 12.2 Å². The first kappa shape index (κ1) is 23.8. The van der Waals surface area contributed by atoms with Gasteiger partial charge in [-0.2, -0.15) is 0 Å². The molecule has 0 atom stereocenters. The van der Waals surface area contributed by atoms with Crippen LogP contribution < -0.4 is 5.32 Å². The number of amides is 1. The molecule has 0 aliphatic heterocycles. The Morgan fingerprint density at radius 3 is 2.38 bits per heavy atom. The van der Waals surface area contributed by atoms with E-state index in [1.54, 1.807) is 13.0 Å². The van der Waals surface area contributed by atoms with Gasteiger partial charge in [0.25, 0.3) is 0 Å². The van der Waals surface area contributed by atoms with Gasteiger partial charge in [-0.3, -0.25) is 14.6 Å². The Bertz CT molecular complexity index is 939. The van der Waals surface area contributed by atoms with E-state index in [-0.39, 0.29) is 18.9 Å². The van der Waals surface area contributed by atoms with E-state index in [0.717, 1.165) is 40.9 Å². The normalized spacial score (nSPS) is 14.6. The van der Waals surface area contributed by atoms with Gasteiger partial charge >= 0.3 is 5.97 Å². The van der Waals surface area contributed by atoms with Gasteiger partial charge in [-0.25, -0.2) is 0 Å². The molecule has 1 heterocycles. The molecule has 0 radical (unpaired) electrons. The summed E-state index contributed by atoms with van der Waals surface area (Å²) in [5, 5.41) is 13.2. The first-order valence-corrected chi connectivity index (χ1v) is 11.6. The van der Waals surface area contributed by atoms with Crippen molar-refractivity contribution in [1.82, 2.24) is 4.98 Å². The number of carbonyl (C=O) groups excluding carboxylic acids is 2. The van der Waals surface area contributed by atoms with Gasteiger partial charge in [-0.15, -0.1) is 0 Å². The Morgan fingerprint density at radius 1 is 1.09 bits per heavy atom. The number of ether oxygens (including phenoxy) is 1. The molecule has 1 aromatic heterocycles. The average Bonchev–Trinajstić information content (AvgIpc) is 3.01. The molecular formula is C26H34N2O4. The molecule has 172 valence electrons. The summed E-state index contributed by atoms with van der Waals surface area (Å²) in [6, 6.07) is 7.50. The topological polar surface area (TPSA) is 88.5 Å². The number of esters is 1. The first-order chi connectivity index (χ1) is 15.4. The van der Waals surface area contributed by atoms with Crippen LogP contribution in [0, 0.1) is 13.8 Å². The quantitative estimate of drug-likeness (QED) is 0.347. The highest BCUT2D eigenvalue weighted by Gasteiger charge is 2.20. The number of carbonyl (C=O) groups is 2. The van der Waals surface area contributed by atoms with E-state index in [2.05, 4.69) is 5.32 Å². The lowest BCUT2D eigenvalue weighted by molar-refractivity contribution is -0.145. The molecule has 3 rings (SSSR count). The monoisotopic (exact) mass is 438 g/mol. The molecular weight excluding hydrogens is 404 g/mol. The number of aromatic hydroxyl groups is 1. The van der Waals surface area contributed by atoms with Crippen LogP contribution >= 0.6 is 0 Å². The molecule has 0 spiro atoms. The van der Waals surface area contributed by atoms with E-state index >= 15 is 0 Å². The van der Waals surface area contributed by atoms with Gasteiger partial charge < -0.3 is 15.2 Å². The summed E-state index contributed by atoms with van der Waals surface area (Å²) in [5.41, 5.74) is 5.67. The Balaban J connectivity index is 1.74. The van der Waals surface area contributed by atoms with Crippen molar-refractivity contribution < 1.29 is 19.4 Å². The van der Waals surface area contributed by atoms with E-state index in [0.29, 0.717) is 23.8 Å². The number of nitrogens with one attached hydrogen (secondary N) is 1. The largest absolute Gasteiger partial charge is 0.506 e. The molecule has 2 aromatic rings. The van der Waals surface area contributed by atoms with Crippen molar-refractivity contribution in [2.75, 3.05) is 11.9 Å². The molecule has 32 heavy (non-hydrogen) atoms. The second-order valence-electron chi connectivity index (χ2n) is 8.69. The molecule has 6 nitrogen and oxygen atoms in total. The zero-order valence-electron chi connectivity index (χ0n) is 19.4. The van der Waals surface area contributed by atoms with Gasteiger partial charge in [0.15, 0.2) is 0 Å². The fraction of sp³-hybridized carbons (Fsp3) is 0.500. The Labute approximate surface area is 190 Å². The Kier molecular flexibility index (Phi) is 8.26. The number of rotatable bonds is 7. The predicted octanol–water partition coefficient (Wildman–Crippen LogP) is 5.32. The van der Waals surface area contributed by atoms with Gasteiger partial charge in [0.05, 0.1) is 12.3 Å². The number of aryl methyl sites for hydroxylation is 2. The fourth-order valence-electron chi connectivity index (χ4n) is 4.54. The smallest absolute Gasteiger partial charge is 0.315 e.